The van der Waals surface area contributed by atoms with Gasteiger partial charge < -0.3 is 19.9 Å². The van der Waals surface area contributed by atoms with Gasteiger partial charge in [0.15, 0.2) is 6.54 Å². The van der Waals surface area contributed by atoms with Gasteiger partial charge in [-0.15, -0.1) is 0 Å². The van der Waals surface area contributed by atoms with Crippen LogP contribution in [0.3, 0.4) is 0 Å². The Morgan fingerprint density at radius 2 is 1.81 bits per heavy atom. The normalized spacial score (nSPS) is 15.7. The predicted octanol–water partition coefficient (Wildman–Crippen LogP) is 2.78. The molecular formula is C29H34F3N7O4+2. The molecule has 0 spiro atoms. The number of ether oxygens (including phenoxy) is 1. The first-order chi connectivity index (χ1) is 19.9. The van der Waals surface area contributed by atoms with Crippen molar-refractivity contribution in [2.75, 3.05) is 41.8 Å². The second-order valence-electron chi connectivity index (χ2n) is 10.9. The van der Waals surface area contributed by atoms with Gasteiger partial charge in [-0.1, -0.05) is 12.1 Å². The lowest BCUT2D eigenvalue weighted by molar-refractivity contribution is -0.896. The van der Waals surface area contributed by atoms with Crippen molar-refractivity contribution in [1.82, 2.24) is 9.80 Å². The number of likely N-dealkylation sites (N-methyl/N-ethyl adjacent to an activating group) is 2. The van der Waals surface area contributed by atoms with Gasteiger partial charge in [0.1, 0.15) is 23.8 Å². The van der Waals surface area contributed by atoms with Crippen LogP contribution < -0.4 is 11.5 Å². The third kappa shape index (κ3) is 6.78. The maximum atomic E-state index is 13.6. The van der Waals surface area contributed by atoms with E-state index in [1.165, 1.54) is 30.0 Å². The van der Waals surface area contributed by atoms with E-state index in [0.29, 0.717) is 11.1 Å². The monoisotopic (exact) mass is 601 g/mol. The standard InChI is InChI=1S/C29H32F3N7O4/c1-17-24(26(41)43-6)25(22-11-10-18(14-33)12-19(22)15-39(4,5)16-23(40)36(2)3)38(28(35)42)27(34)37(17)21-9-7-8-20(13-21)29(30,31)32/h7-13,25,34H,15-16H2,1-6H3,(H-,35,42)/p+2/t25-/m1/s1. The second kappa shape index (κ2) is 12.1. The van der Waals surface area contributed by atoms with Crippen LogP contribution in [-0.4, -0.2) is 84.6 Å². The molecule has 0 saturated carbocycles. The van der Waals surface area contributed by atoms with Crippen molar-refractivity contribution >= 4 is 29.6 Å². The van der Waals surface area contributed by atoms with E-state index < -0.39 is 29.8 Å². The Kier molecular flexibility index (Phi) is 9.21. The predicted molar refractivity (Wildman–Crippen MR) is 150 cm³/mol. The Morgan fingerprint density at radius 3 is 2.35 bits per heavy atom. The number of alkyl halides is 3. The zero-order chi connectivity index (χ0) is 32.4. The van der Waals surface area contributed by atoms with Gasteiger partial charge >= 0.3 is 24.1 Å². The number of hydrogen-bond donors (Lipinski definition) is 2. The minimum absolute atomic E-state index is 0.0732. The number of hydrogen-bond acceptors (Lipinski definition) is 6. The minimum atomic E-state index is -4.67. The topological polar surface area (TPSA) is 146 Å². The summed E-state index contributed by atoms with van der Waals surface area (Å²) in [4.78, 5) is 41.3. The number of guanidine groups is 1. The largest absolute Gasteiger partial charge is 0.465 e. The summed E-state index contributed by atoms with van der Waals surface area (Å²) in [5.41, 5.74) is 12.3. The summed E-state index contributed by atoms with van der Waals surface area (Å²) >= 11 is 0. The van der Waals surface area contributed by atoms with Gasteiger partial charge in [0.2, 0.25) is 0 Å². The van der Waals surface area contributed by atoms with E-state index in [1.54, 1.807) is 40.3 Å². The Labute approximate surface area is 247 Å². The first-order valence-electron chi connectivity index (χ1n) is 13.0. The molecule has 0 fully saturated rings. The molecule has 228 valence electrons. The summed E-state index contributed by atoms with van der Waals surface area (Å²) in [5.74, 6) is -1.39. The van der Waals surface area contributed by atoms with E-state index in [2.05, 4.69) is 6.07 Å². The number of quaternary nitrogens is 1. The van der Waals surface area contributed by atoms with Gasteiger partial charge in [-0.2, -0.15) is 23.3 Å². The summed E-state index contributed by atoms with van der Waals surface area (Å²) in [6.45, 7) is 1.73. The van der Waals surface area contributed by atoms with Crippen LogP contribution in [0.5, 0.6) is 0 Å². The second-order valence-corrected chi connectivity index (χ2v) is 10.9. The van der Waals surface area contributed by atoms with Crippen LogP contribution in [0, 0.1) is 11.3 Å². The molecule has 2 aromatic rings. The Hall–Kier alpha value is -4.90. The Balaban J connectivity index is 2.33. The van der Waals surface area contributed by atoms with Crippen molar-refractivity contribution in [1.29, 1.82) is 5.26 Å². The fourth-order valence-corrected chi connectivity index (χ4v) is 5.01. The van der Waals surface area contributed by atoms with Crippen LogP contribution in [0.15, 0.2) is 53.7 Å². The number of urea groups is 1. The number of amides is 3. The molecule has 4 N–H and O–H groups in total. The van der Waals surface area contributed by atoms with E-state index in [0.717, 1.165) is 28.7 Å². The van der Waals surface area contributed by atoms with E-state index >= 15 is 0 Å². The molecule has 0 unspecified atom stereocenters. The molecule has 1 heterocycles. The van der Waals surface area contributed by atoms with Crippen LogP contribution in [0.4, 0.5) is 23.7 Å². The summed E-state index contributed by atoms with van der Waals surface area (Å²) in [7, 11) is 7.98. The number of rotatable bonds is 7. The highest BCUT2D eigenvalue weighted by Gasteiger charge is 2.47. The third-order valence-corrected chi connectivity index (χ3v) is 7.03. The van der Waals surface area contributed by atoms with Crippen molar-refractivity contribution in [3.05, 3.63) is 76.0 Å². The number of nitriles is 1. The Morgan fingerprint density at radius 1 is 1.16 bits per heavy atom. The molecule has 14 heteroatoms. The Bertz CT molecular complexity index is 1570. The first-order valence-corrected chi connectivity index (χ1v) is 13.0. The number of esters is 1. The summed E-state index contributed by atoms with van der Waals surface area (Å²) in [5, 5.41) is 9.63. The third-order valence-electron chi connectivity index (χ3n) is 7.03. The molecule has 0 radical (unpaired) electrons. The number of halogens is 3. The fraction of sp³-hybridized carbons (Fsp3) is 0.345. The average Bonchev–Trinajstić information content (AvgIpc) is 2.91. The molecule has 43 heavy (non-hydrogen) atoms. The van der Waals surface area contributed by atoms with Crippen LogP contribution in [0.1, 0.15) is 35.2 Å². The molecular weight excluding hydrogens is 567 g/mol. The van der Waals surface area contributed by atoms with Crippen LogP contribution in [-0.2, 0) is 27.0 Å². The van der Waals surface area contributed by atoms with Gasteiger partial charge in [0.25, 0.3) is 5.91 Å². The molecule has 1 atom stereocenters. The highest BCUT2D eigenvalue weighted by Crippen LogP contribution is 2.40. The summed E-state index contributed by atoms with van der Waals surface area (Å²) in [6, 6.07) is 8.53. The number of allylic oxidation sites excluding steroid dienone is 1. The molecule has 0 saturated heterocycles. The fourth-order valence-electron chi connectivity index (χ4n) is 5.01. The van der Waals surface area contributed by atoms with Crippen molar-refractivity contribution in [3.63, 3.8) is 0 Å². The van der Waals surface area contributed by atoms with Crippen molar-refractivity contribution in [2.45, 2.75) is 25.7 Å². The van der Waals surface area contributed by atoms with Gasteiger partial charge in [0.05, 0.1) is 44.1 Å². The van der Waals surface area contributed by atoms with Crippen LogP contribution >= 0.6 is 0 Å². The maximum absolute atomic E-state index is 13.6. The molecule has 1 aliphatic heterocycles. The van der Waals surface area contributed by atoms with Gasteiger partial charge in [-0.25, -0.2) is 14.2 Å². The molecule has 0 bridgehead atoms. The number of carbonyl (C=O) groups excluding carboxylic acids is 3. The number of carbonyl (C=O) groups is 3. The minimum Gasteiger partial charge on any atom is -0.465 e. The number of nitrogens with zero attached hydrogens (tertiary/aromatic N) is 5. The number of benzene rings is 2. The summed E-state index contributed by atoms with van der Waals surface area (Å²) in [6.07, 6.45) is -4.67. The zero-order valence-corrected chi connectivity index (χ0v) is 24.7. The van der Waals surface area contributed by atoms with Crippen molar-refractivity contribution in [2.24, 2.45) is 11.5 Å². The molecule has 11 nitrogen and oxygen atoms in total. The molecule has 2 aromatic carbocycles. The van der Waals surface area contributed by atoms with E-state index in [1.807, 2.05) is 0 Å². The van der Waals surface area contributed by atoms with Crippen LogP contribution in [0.25, 0.3) is 0 Å². The molecule has 1 aliphatic rings. The van der Waals surface area contributed by atoms with E-state index in [9.17, 15) is 32.8 Å². The highest BCUT2D eigenvalue weighted by molar-refractivity contribution is 5.99. The maximum Gasteiger partial charge on any atom is 0.416 e. The highest BCUT2D eigenvalue weighted by atomic mass is 19.4. The zero-order valence-electron chi connectivity index (χ0n) is 24.7. The number of methoxy groups -OCH3 is 1. The molecule has 0 aliphatic carbocycles. The lowest BCUT2D eigenvalue weighted by Crippen LogP contribution is -2.54. The SMILES string of the molecule is COC(=O)C1=C(C)[N+](c2cccc(C(F)(F)F)c2)=C(N)N(C(N)=O)[C@@H]1c1ccc(C#N)cc1C[N+](C)(C)CC(=O)N(C)C. The first kappa shape index (κ1) is 32.6. The number of primary amides is 1. The summed E-state index contributed by atoms with van der Waals surface area (Å²) < 4.78 is 47.0. The average molecular weight is 602 g/mol. The van der Waals surface area contributed by atoms with E-state index in [4.69, 9.17) is 16.2 Å². The van der Waals surface area contributed by atoms with Gasteiger partial charge in [-0.3, -0.25) is 10.5 Å². The van der Waals surface area contributed by atoms with Crippen LogP contribution in [0.2, 0.25) is 0 Å². The smallest absolute Gasteiger partial charge is 0.416 e. The lowest BCUT2D eigenvalue weighted by atomic mass is 9.89. The lowest BCUT2D eigenvalue weighted by Gasteiger charge is -2.35. The molecule has 0 aromatic heterocycles. The van der Waals surface area contributed by atoms with Crippen molar-refractivity contribution in [3.8, 4) is 6.07 Å². The van der Waals surface area contributed by atoms with Gasteiger partial charge in [0, 0.05) is 25.2 Å². The molecule has 3 amide bonds. The van der Waals surface area contributed by atoms with Crippen molar-refractivity contribution < 1.29 is 41.4 Å². The quantitative estimate of drug-likeness (QED) is 0.284. The number of nitrogens with two attached hydrogens (primary N) is 2. The van der Waals surface area contributed by atoms with Gasteiger partial charge in [-0.05, 0) is 37.3 Å². The molecule has 3 rings (SSSR count). The van der Waals surface area contributed by atoms with E-state index in [-0.39, 0.29) is 52.0 Å².